The molecule has 0 atom stereocenters. The Kier molecular flexibility index (Phi) is 5.65. The summed E-state index contributed by atoms with van der Waals surface area (Å²) in [5.74, 6) is 0. The molecule has 7 heteroatoms. The zero-order valence-corrected chi connectivity index (χ0v) is 13.4. The van der Waals surface area contributed by atoms with Crippen molar-refractivity contribution in [2.24, 2.45) is 0 Å². The summed E-state index contributed by atoms with van der Waals surface area (Å²) in [6.45, 7) is 0.777. The number of carbonyl (C=O) groups is 1. The lowest BCUT2D eigenvalue weighted by atomic mass is 10.1. The molecular formula is C16H17F3N2OS. The molecule has 0 aliphatic rings. The number of nitrogens with zero attached hydrogens (tertiary/aromatic N) is 1. The summed E-state index contributed by atoms with van der Waals surface area (Å²) in [5.41, 5.74) is -0.0433. The molecule has 0 bridgehead atoms. The zero-order valence-electron chi connectivity index (χ0n) is 12.6. The number of nitrogens with one attached hydrogen (secondary N) is 1. The first-order valence-corrected chi connectivity index (χ1v) is 7.91. The van der Waals surface area contributed by atoms with Crippen LogP contribution in [0.15, 0.2) is 41.8 Å². The van der Waals surface area contributed by atoms with E-state index >= 15 is 0 Å². The van der Waals surface area contributed by atoms with Crippen LogP contribution in [-0.2, 0) is 19.1 Å². The van der Waals surface area contributed by atoms with Gasteiger partial charge in [0.15, 0.2) is 0 Å². The standard InChI is InChI=1S/C16H17F3N2OS/c1-21(15(22)20-9-8-14-3-2-10-23-14)11-12-4-6-13(7-5-12)16(17,18)19/h2-7,10H,8-9,11H2,1H3,(H,20,22). The predicted octanol–water partition coefficient (Wildman–Crippen LogP) is 4.15. The number of benzene rings is 1. The first kappa shape index (κ1) is 17.3. The van der Waals surface area contributed by atoms with Crippen molar-refractivity contribution in [3.63, 3.8) is 0 Å². The van der Waals surface area contributed by atoms with Crippen molar-refractivity contribution < 1.29 is 18.0 Å². The van der Waals surface area contributed by atoms with E-state index in [2.05, 4.69) is 5.32 Å². The Morgan fingerprint density at radius 2 is 1.91 bits per heavy atom. The molecule has 0 saturated carbocycles. The summed E-state index contributed by atoms with van der Waals surface area (Å²) in [6.07, 6.45) is -3.58. The van der Waals surface area contributed by atoms with Crippen LogP contribution >= 0.6 is 11.3 Å². The summed E-state index contributed by atoms with van der Waals surface area (Å²) in [4.78, 5) is 14.6. The van der Waals surface area contributed by atoms with Crippen LogP contribution in [0, 0.1) is 0 Å². The average molecular weight is 342 g/mol. The number of amides is 2. The molecule has 0 spiro atoms. The molecule has 1 aromatic carbocycles. The second-order valence-electron chi connectivity index (χ2n) is 5.11. The molecule has 23 heavy (non-hydrogen) atoms. The average Bonchev–Trinajstić information content (AvgIpc) is 3.00. The highest BCUT2D eigenvalue weighted by atomic mass is 32.1. The van der Waals surface area contributed by atoms with E-state index in [1.807, 2.05) is 17.5 Å². The van der Waals surface area contributed by atoms with Gasteiger partial charge >= 0.3 is 12.2 Å². The van der Waals surface area contributed by atoms with Gasteiger partial charge in [0.25, 0.3) is 0 Å². The Morgan fingerprint density at radius 1 is 1.22 bits per heavy atom. The van der Waals surface area contributed by atoms with Crippen LogP contribution in [0.1, 0.15) is 16.0 Å². The maximum atomic E-state index is 12.5. The van der Waals surface area contributed by atoms with Gasteiger partial charge in [-0.05, 0) is 35.6 Å². The quantitative estimate of drug-likeness (QED) is 0.870. The zero-order chi connectivity index (χ0) is 16.9. The van der Waals surface area contributed by atoms with Crippen molar-refractivity contribution in [2.45, 2.75) is 19.1 Å². The molecule has 2 rings (SSSR count). The van der Waals surface area contributed by atoms with Crippen molar-refractivity contribution in [2.75, 3.05) is 13.6 Å². The van der Waals surface area contributed by atoms with E-state index < -0.39 is 11.7 Å². The Labute approximate surface area is 136 Å². The lowest BCUT2D eigenvalue weighted by Crippen LogP contribution is -2.37. The third-order valence-corrected chi connectivity index (χ3v) is 4.21. The van der Waals surface area contributed by atoms with Crippen molar-refractivity contribution in [3.8, 4) is 0 Å². The van der Waals surface area contributed by atoms with Gasteiger partial charge in [-0.25, -0.2) is 4.79 Å². The van der Waals surface area contributed by atoms with Gasteiger partial charge < -0.3 is 10.2 Å². The van der Waals surface area contributed by atoms with Crippen molar-refractivity contribution >= 4 is 17.4 Å². The number of urea groups is 1. The minimum absolute atomic E-state index is 0.249. The SMILES string of the molecule is CN(Cc1ccc(C(F)(F)F)cc1)C(=O)NCCc1cccs1. The first-order valence-electron chi connectivity index (χ1n) is 7.04. The molecule has 0 saturated heterocycles. The molecule has 0 unspecified atom stereocenters. The third kappa shape index (κ3) is 5.28. The fraction of sp³-hybridized carbons (Fsp3) is 0.312. The van der Waals surface area contributed by atoms with Gasteiger partial charge in [0.1, 0.15) is 0 Å². The Bertz CT molecular complexity index is 624. The molecule has 0 aliphatic heterocycles. The van der Waals surface area contributed by atoms with Gasteiger partial charge in [0.05, 0.1) is 5.56 Å². The summed E-state index contributed by atoms with van der Waals surface area (Å²) in [5, 5.41) is 4.77. The number of hydrogen-bond donors (Lipinski definition) is 1. The fourth-order valence-electron chi connectivity index (χ4n) is 2.03. The lowest BCUT2D eigenvalue weighted by molar-refractivity contribution is -0.137. The first-order chi connectivity index (χ1) is 10.9. The van der Waals surface area contributed by atoms with E-state index in [-0.39, 0.29) is 12.6 Å². The van der Waals surface area contributed by atoms with E-state index in [0.717, 1.165) is 18.6 Å². The Morgan fingerprint density at radius 3 is 2.48 bits per heavy atom. The predicted molar refractivity (Wildman–Crippen MR) is 84.3 cm³/mol. The topological polar surface area (TPSA) is 32.3 Å². The van der Waals surface area contributed by atoms with Gasteiger partial charge in [-0.15, -0.1) is 11.3 Å². The molecule has 2 aromatic rings. The van der Waals surface area contributed by atoms with Gasteiger partial charge in [0, 0.05) is 25.0 Å². The maximum absolute atomic E-state index is 12.5. The molecule has 0 radical (unpaired) electrons. The van der Waals surface area contributed by atoms with Crippen LogP contribution < -0.4 is 5.32 Å². The maximum Gasteiger partial charge on any atom is 0.416 e. The molecule has 1 heterocycles. The second kappa shape index (κ2) is 7.50. The molecule has 3 nitrogen and oxygen atoms in total. The number of alkyl halides is 3. The van der Waals surface area contributed by atoms with E-state index in [0.29, 0.717) is 12.1 Å². The molecular weight excluding hydrogens is 325 g/mol. The Hall–Kier alpha value is -2.02. The highest BCUT2D eigenvalue weighted by Gasteiger charge is 2.29. The normalized spacial score (nSPS) is 11.3. The molecule has 0 fully saturated rings. The van der Waals surface area contributed by atoms with Crippen molar-refractivity contribution in [1.82, 2.24) is 10.2 Å². The second-order valence-corrected chi connectivity index (χ2v) is 6.14. The summed E-state index contributed by atoms with van der Waals surface area (Å²) in [7, 11) is 1.61. The minimum atomic E-state index is -4.34. The largest absolute Gasteiger partial charge is 0.416 e. The molecule has 1 aromatic heterocycles. The fourth-order valence-corrected chi connectivity index (χ4v) is 2.74. The van der Waals surface area contributed by atoms with Crippen molar-refractivity contribution in [3.05, 3.63) is 57.8 Å². The van der Waals surface area contributed by atoms with Crippen LogP contribution in [0.25, 0.3) is 0 Å². The number of thiophene rings is 1. The summed E-state index contributed by atoms with van der Waals surface area (Å²) >= 11 is 1.63. The van der Waals surface area contributed by atoms with Crippen molar-refractivity contribution in [1.29, 1.82) is 0 Å². The lowest BCUT2D eigenvalue weighted by Gasteiger charge is -2.18. The number of carbonyl (C=O) groups excluding carboxylic acids is 1. The third-order valence-electron chi connectivity index (χ3n) is 3.28. The van der Waals surface area contributed by atoms with Crippen LogP contribution in [0.4, 0.5) is 18.0 Å². The number of halogens is 3. The van der Waals surface area contributed by atoms with Gasteiger partial charge in [-0.1, -0.05) is 18.2 Å². The molecule has 0 aliphatic carbocycles. The van der Waals surface area contributed by atoms with Crippen LogP contribution in [-0.4, -0.2) is 24.5 Å². The number of rotatable bonds is 5. The van der Waals surface area contributed by atoms with Gasteiger partial charge in [0.2, 0.25) is 0 Å². The van der Waals surface area contributed by atoms with Crippen LogP contribution in [0.3, 0.4) is 0 Å². The van der Waals surface area contributed by atoms with E-state index in [9.17, 15) is 18.0 Å². The Balaban J connectivity index is 1.81. The smallest absolute Gasteiger partial charge is 0.338 e. The minimum Gasteiger partial charge on any atom is -0.338 e. The van der Waals surface area contributed by atoms with E-state index in [4.69, 9.17) is 0 Å². The van der Waals surface area contributed by atoms with Crippen LogP contribution in [0.2, 0.25) is 0 Å². The number of hydrogen-bond acceptors (Lipinski definition) is 2. The molecule has 1 N–H and O–H groups in total. The summed E-state index contributed by atoms with van der Waals surface area (Å²) < 4.78 is 37.5. The monoisotopic (exact) mass is 342 g/mol. The molecule has 124 valence electrons. The highest BCUT2D eigenvalue weighted by molar-refractivity contribution is 7.09. The van der Waals surface area contributed by atoms with E-state index in [1.165, 1.54) is 21.9 Å². The van der Waals surface area contributed by atoms with Gasteiger partial charge in [-0.2, -0.15) is 13.2 Å². The molecule has 2 amide bonds. The van der Waals surface area contributed by atoms with Gasteiger partial charge in [-0.3, -0.25) is 0 Å². The van der Waals surface area contributed by atoms with Crippen LogP contribution in [0.5, 0.6) is 0 Å². The summed E-state index contributed by atoms with van der Waals surface area (Å²) in [6, 6.07) is 8.54. The van der Waals surface area contributed by atoms with E-state index in [1.54, 1.807) is 18.4 Å². The highest BCUT2D eigenvalue weighted by Crippen LogP contribution is 2.29.